The SMILES string of the molecule is CCCCN(CCCC)c1ccc(C2(c3ccc(N(CCCC)CCCC)cc3)SC(NC(=O)C(C)(C)C)=Nc3cc(N(C)C)ccc32)cc1. The molecule has 0 aliphatic carbocycles. The van der Waals surface area contributed by atoms with E-state index < -0.39 is 10.2 Å². The molecule has 0 radical (unpaired) electrons. The van der Waals surface area contributed by atoms with Crippen LogP contribution in [0.2, 0.25) is 0 Å². The molecule has 50 heavy (non-hydrogen) atoms. The molecule has 6 nitrogen and oxygen atoms in total. The van der Waals surface area contributed by atoms with E-state index in [1.807, 2.05) is 20.8 Å². The highest BCUT2D eigenvalue weighted by Gasteiger charge is 2.44. The molecule has 1 N–H and O–H groups in total. The zero-order valence-electron chi connectivity index (χ0n) is 32.4. The van der Waals surface area contributed by atoms with Gasteiger partial charge >= 0.3 is 0 Å². The fourth-order valence-electron chi connectivity index (χ4n) is 6.40. The van der Waals surface area contributed by atoms with Crippen LogP contribution >= 0.6 is 11.8 Å². The molecular weight excluding hydrogens is 635 g/mol. The lowest BCUT2D eigenvalue weighted by Gasteiger charge is -2.40. The zero-order valence-corrected chi connectivity index (χ0v) is 33.3. The lowest BCUT2D eigenvalue weighted by atomic mass is 9.82. The monoisotopic (exact) mass is 697 g/mol. The highest BCUT2D eigenvalue weighted by molar-refractivity contribution is 8.15. The van der Waals surface area contributed by atoms with Crippen molar-refractivity contribution in [1.29, 1.82) is 0 Å². The molecule has 0 spiro atoms. The summed E-state index contributed by atoms with van der Waals surface area (Å²) >= 11 is 1.65. The maximum absolute atomic E-state index is 13.5. The highest BCUT2D eigenvalue weighted by Crippen LogP contribution is 2.55. The summed E-state index contributed by atoms with van der Waals surface area (Å²) in [5.74, 6) is -0.0412. The number of unbranched alkanes of at least 4 members (excludes halogenated alkanes) is 4. The van der Waals surface area contributed by atoms with Gasteiger partial charge in [-0.1, -0.05) is 116 Å². The predicted molar refractivity (Wildman–Crippen MR) is 220 cm³/mol. The van der Waals surface area contributed by atoms with Crippen molar-refractivity contribution in [2.45, 2.75) is 105 Å². The summed E-state index contributed by atoms with van der Waals surface area (Å²) in [4.78, 5) is 25.8. The average Bonchev–Trinajstić information content (AvgIpc) is 3.11. The molecule has 272 valence electrons. The van der Waals surface area contributed by atoms with Crippen LogP contribution in [-0.2, 0) is 9.54 Å². The molecule has 4 rings (SSSR count). The summed E-state index contributed by atoms with van der Waals surface area (Å²) in [6.45, 7) is 19.2. The van der Waals surface area contributed by atoms with Gasteiger partial charge in [0.1, 0.15) is 4.75 Å². The van der Waals surface area contributed by atoms with Crippen LogP contribution in [0.1, 0.15) is 117 Å². The third-order valence-electron chi connectivity index (χ3n) is 9.65. The molecule has 0 unspecified atom stereocenters. The number of hydrogen-bond acceptors (Lipinski definition) is 6. The van der Waals surface area contributed by atoms with Gasteiger partial charge in [0.2, 0.25) is 5.91 Å². The summed E-state index contributed by atoms with van der Waals surface area (Å²) in [5, 5.41) is 3.86. The van der Waals surface area contributed by atoms with Crippen LogP contribution in [0.4, 0.5) is 22.7 Å². The van der Waals surface area contributed by atoms with Crippen molar-refractivity contribution in [2.24, 2.45) is 10.4 Å². The van der Waals surface area contributed by atoms with Crippen LogP contribution in [0.3, 0.4) is 0 Å². The van der Waals surface area contributed by atoms with Crippen molar-refractivity contribution in [1.82, 2.24) is 5.32 Å². The van der Waals surface area contributed by atoms with E-state index >= 15 is 0 Å². The Balaban J connectivity index is 1.92. The van der Waals surface area contributed by atoms with Gasteiger partial charge in [-0.3, -0.25) is 4.79 Å². The number of amides is 1. The lowest BCUT2D eigenvalue weighted by molar-refractivity contribution is -0.126. The molecule has 0 fully saturated rings. The van der Waals surface area contributed by atoms with Crippen molar-refractivity contribution < 1.29 is 4.79 Å². The molecule has 3 aromatic carbocycles. The fraction of sp³-hybridized carbons (Fsp3) is 0.535. The Hall–Kier alpha value is -3.45. The van der Waals surface area contributed by atoms with Gasteiger partial charge in [-0.05, 0) is 73.2 Å². The van der Waals surface area contributed by atoms with Gasteiger partial charge in [0.05, 0.1) is 5.69 Å². The average molecular weight is 698 g/mol. The van der Waals surface area contributed by atoms with E-state index in [1.54, 1.807) is 11.8 Å². The minimum Gasteiger partial charge on any atom is -0.378 e. The number of amidine groups is 1. The summed E-state index contributed by atoms with van der Waals surface area (Å²) < 4.78 is -0.630. The molecule has 0 saturated heterocycles. The number of nitrogens with one attached hydrogen (secondary N) is 1. The number of carbonyl (C=O) groups is 1. The van der Waals surface area contributed by atoms with Crippen molar-refractivity contribution in [3.05, 3.63) is 83.4 Å². The standard InChI is InChI=1S/C43H63N5OS/c1-10-14-28-47(29-15-11-2)35-22-18-33(19-23-35)43(34-20-24-36(25-21-34)48(30-16-12-3)31-17-13-4)38-27-26-37(46(8)9)32-39(38)44-41(50-43)45-40(49)42(5,6)7/h18-27,32H,10-17,28-31H2,1-9H3,(H,44,45,49). The van der Waals surface area contributed by atoms with Crippen LogP contribution in [-0.4, -0.2) is 51.3 Å². The number of hydrogen-bond donors (Lipinski definition) is 1. The molecule has 0 atom stereocenters. The van der Waals surface area contributed by atoms with Crippen LogP contribution in [0.5, 0.6) is 0 Å². The second-order valence-electron chi connectivity index (χ2n) is 15.0. The van der Waals surface area contributed by atoms with E-state index in [1.165, 1.54) is 73.9 Å². The zero-order chi connectivity index (χ0) is 36.3. The maximum Gasteiger partial charge on any atom is 0.231 e. The van der Waals surface area contributed by atoms with Crippen molar-refractivity contribution >= 4 is 45.6 Å². The van der Waals surface area contributed by atoms with E-state index in [4.69, 9.17) is 4.99 Å². The van der Waals surface area contributed by atoms with Crippen LogP contribution < -0.4 is 20.0 Å². The molecule has 1 heterocycles. The number of benzene rings is 3. The first-order valence-electron chi connectivity index (χ1n) is 19.1. The van der Waals surface area contributed by atoms with Crippen LogP contribution in [0.15, 0.2) is 71.7 Å². The van der Waals surface area contributed by atoms with Crippen molar-refractivity contribution in [3.63, 3.8) is 0 Å². The van der Waals surface area contributed by atoms with Gasteiger partial charge in [0.25, 0.3) is 0 Å². The second kappa shape index (κ2) is 18.2. The Bertz CT molecular complexity index is 1460. The molecular formula is C43H63N5OS. The second-order valence-corrected chi connectivity index (χ2v) is 16.2. The molecule has 3 aromatic rings. The predicted octanol–water partition coefficient (Wildman–Crippen LogP) is 10.8. The minimum atomic E-state index is -0.630. The van der Waals surface area contributed by atoms with E-state index in [9.17, 15) is 4.79 Å². The molecule has 1 amide bonds. The first-order valence-corrected chi connectivity index (χ1v) is 19.9. The molecule has 7 heteroatoms. The Morgan fingerprint density at radius 3 is 1.48 bits per heavy atom. The number of aliphatic imine (C=N–C) groups is 1. The van der Waals surface area contributed by atoms with Gasteiger partial charge in [-0.2, -0.15) is 0 Å². The van der Waals surface area contributed by atoms with Crippen molar-refractivity contribution in [2.75, 3.05) is 55.0 Å². The number of rotatable bonds is 17. The topological polar surface area (TPSA) is 51.2 Å². The van der Waals surface area contributed by atoms with Gasteiger partial charge in [-0.25, -0.2) is 4.99 Å². The summed E-state index contributed by atoms with van der Waals surface area (Å²) in [5.41, 5.74) is 7.42. The molecule has 1 aliphatic heterocycles. The Morgan fingerprint density at radius 2 is 1.10 bits per heavy atom. The van der Waals surface area contributed by atoms with Crippen molar-refractivity contribution in [3.8, 4) is 0 Å². The van der Waals surface area contributed by atoms with Gasteiger partial charge < -0.3 is 20.0 Å². The molecule has 0 aromatic heterocycles. The minimum absolute atomic E-state index is 0.0412. The summed E-state index contributed by atoms with van der Waals surface area (Å²) in [6, 6.07) is 25.1. The molecule has 0 saturated carbocycles. The Labute approximate surface area is 308 Å². The first-order chi connectivity index (χ1) is 24.0. The van der Waals surface area contributed by atoms with Gasteiger partial charge in [-0.15, -0.1) is 0 Å². The van der Waals surface area contributed by atoms with E-state index in [0.717, 1.165) is 43.1 Å². The number of carbonyl (C=O) groups excluding carboxylic acids is 1. The first kappa shape index (κ1) is 39.3. The van der Waals surface area contributed by atoms with E-state index in [-0.39, 0.29) is 5.91 Å². The summed E-state index contributed by atoms with van der Waals surface area (Å²) in [7, 11) is 4.11. The maximum atomic E-state index is 13.5. The van der Waals surface area contributed by atoms with Gasteiger partial charge in [0.15, 0.2) is 5.17 Å². The number of anilines is 3. The largest absolute Gasteiger partial charge is 0.378 e. The Morgan fingerprint density at radius 1 is 0.680 bits per heavy atom. The smallest absolute Gasteiger partial charge is 0.231 e. The van der Waals surface area contributed by atoms with E-state index in [2.05, 4.69) is 129 Å². The van der Waals surface area contributed by atoms with Crippen LogP contribution in [0.25, 0.3) is 0 Å². The third kappa shape index (κ3) is 9.45. The molecule has 0 bridgehead atoms. The van der Waals surface area contributed by atoms with E-state index in [0.29, 0.717) is 5.17 Å². The normalized spacial score (nSPS) is 13.7. The highest BCUT2D eigenvalue weighted by atomic mass is 32.2. The number of nitrogens with zero attached hydrogens (tertiary/aromatic N) is 4. The number of thioether (sulfide) groups is 1. The lowest BCUT2D eigenvalue weighted by Crippen LogP contribution is -2.41. The fourth-order valence-corrected chi connectivity index (χ4v) is 7.77. The quantitative estimate of drug-likeness (QED) is 0.152. The third-order valence-corrected chi connectivity index (χ3v) is 11.0. The van der Waals surface area contributed by atoms with Gasteiger partial charge in [0, 0.05) is 68.3 Å². The number of fused-ring (bicyclic) bond motifs is 1. The Kier molecular flexibility index (Phi) is 14.3. The van der Waals surface area contributed by atoms with Crippen LogP contribution in [0, 0.1) is 5.41 Å². The molecule has 1 aliphatic rings. The summed E-state index contributed by atoms with van der Waals surface area (Å²) in [6.07, 6.45) is 9.44.